The lowest BCUT2D eigenvalue weighted by Crippen LogP contribution is -2.29. The Morgan fingerprint density at radius 3 is 1.49 bits per heavy atom. The summed E-state index contributed by atoms with van der Waals surface area (Å²) in [5.41, 5.74) is 1.46. The molecule has 0 unspecified atom stereocenters. The maximum Gasteiger partial charge on any atom is 0.258 e. The Bertz CT molecular complexity index is 1760. The van der Waals surface area contributed by atoms with E-state index in [4.69, 9.17) is 33.7 Å². The van der Waals surface area contributed by atoms with E-state index < -0.39 is 0 Å². The van der Waals surface area contributed by atoms with Crippen molar-refractivity contribution in [3.05, 3.63) is 86.5 Å². The highest BCUT2D eigenvalue weighted by Gasteiger charge is 2.17. The Hall–Kier alpha value is -5.10. The van der Waals surface area contributed by atoms with E-state index in [9.17, 15) is 9.59 Å². The van der Waals surface area contributed by atoms with E-state index in [1.165, 1.54) is 28.4 Å². The summed E-state index contributed by atoms with van der Waals surface area (Å²) in [6, 6.07) is 14.4. The van der Waals surface area contributed by atoms with Crippen molar-refractivity contribution in [2.24, 2.45) is 0 Å². The maximum absolute atomic E-state index is 13.0. The Balaban J connectivity index is 1.49. The summed E-state index contributed by atoms with van der Waals surface area (Å²) in [7, 11) is 7.71. The largest absolute Gasteiger partial charge is 0.497 e. The van der Waals surface area contributed by atoms with Crippen molar-refractivity contribution in [3.63, 3.8) is 0 Å². The van der Waals surface area contributed by atoms with Crippen molar-refractivity contribution in [3.8, 4) is 28.7 Å². The zero-order chi connectivity index (χ0) is 30.5. The van der Waals surface area contributed by atoms with E-state index in [1.807, 2.05) is 24.3 Å². The van der Waals surface area contributed by atoms with Crippen molar-refractivity contribution in [1.82, 2.24) is 24.8 Å². The minimum atomic E-state index is -0.297. The van der Waals surface area contributed by atoms with Crippen molar-refractivity contribution in [2.75, 3.05) is 42.1 Å². The molecular weight excluding hydrogens is 554 g/mol. The fourth-order valence-corrected chi connectivity index (χ4v) is 4.90. The Morgan fingerprint density at radius 2 is 1.07 bits per heavy atom. The van der Waals surface area contributed by atoms with Crippen LogP contribution in [-0.2, 0) is 19.5 Å². The van der Waals surface area contributed by atoms with Crippen molar-refractivity contribution in [2.45, 2.75) is 19.5 Å². The summed E-state index contributed by atoms with van der Waals surface area (Å²) in [6.45, 7) is 1.14. The third-order valence-electron chi connectivity index (χ3n) is 7.14. The second-order valence-corrected chi connectivity index (χ2v) is 9.78. The molecule has 0 aliphatic rings. The average Bonchev–Trinajstić information content (AvgIpc) is 3.02. The van der Waals surface area contributed by atoms with Crippen LogP contribution in [-0.4, -0.2) is 66.9 Å². The molecule has 12 heteroatoms. The van der Waals surface area contributed by atoms with Crippen molar-refractivity contribution < 1.29 is 23.7 Å². The minimum absolute atomic E-state index is 0.281. The van der Waals surface area contributed by atoms with Gasteiger partial charge >= 0.3 is 0 Å². The van der Waals surface area contributed by atoms with E-state index in [2.05, 4.69) is 14.9 Å². The lowest BCUT2D eigenvalue weighted by Gasteiger charge is -2.22. The molecule has 2 N–H and O–H groups in total. The number of aromatic nitrogens is 4. The molecule has 5 aromatic rings. The van der Waals surface area contributed by atoms with Gasteiger partial charge in [-0.25, -0.2) is 9.97 Å². The average molecular weight is 588 g/mol. The van der Waals surface area contributed by atoms with Crippen LogP contribution >= 0.6 is 0 Å². The van der Waals surface area contributed by atoms with Gasteiger partial charge in [0.25, 0.3) is 11.1 Å². The van der Waals surface area contributed by atoms with Crippen LogP contribution in [0.4, 0.5) is 0 Å². The number of fused-ring (bicyclic) bond motifs is 2. The van der Waals surface area contributed by atoms with Gasteiger partial charge < -0.3 is 33.7 Å². The van der Waals surface area contributed by atoms with E-state index in [0.717, 1.165) is 11.3 Å². The topological polar surface area (TPSA) is 141 Å². The molecule has 0 amide bonds. The molecule has 0 spiro atoms. The van der Waals surface area contributed by atoms with E-state index >= 15 is 0 Å². The molecule has 5 rings (SSSR count). The first-order valence-electron chi connectivity index (χ1n) is 13.5. The number of nitrogens with zero attached hydrogens (tertiary/aromatic N) is 3. The molecule has 0 atom stereocenters. The molecule has 0 saturated heterocycles. The third kappa shape index (κ3) is 6.38. The smallest absolute Gasteiger partial charge is 0.258 e. The molecule has 0 bridgehead atoms. The molecule has 0 radical (unpaired) electrons. The molecular formula is C31H33N5O7. The minimum Gasteiger partial charge on any atom is -0.497 e. The number of hydrogen-bond donors (Lipinski definition) is 2. The summed E-state index contributed by atoms with van der Waals surface area (Å²) >= 11 is 0. The van der Waals surface area contributed by atoms with Gasteiger partial charge in [-0.2, -0.15) is 0 Å². The monoisotopic (exact) mass is 587 g/mol. The fraction of sp³-hybridized carbons (Fsp3) is 0.290. The number of methoxy groups -OCH3 is 5. The van der Waals surface area contributed by atoms with Crippen LogP contribution in [0.2, 0.25) is 0 Å². The van der Waals surface area contributed by atoms with Crippen LogP contribution in [0.3, 0.4) is 0 Å². The van der Waals surface area contributed by atoms with Gasteiger partial charge in [0.05, 0.1) is 70.4 Å². The number of hydrogen-bond acceptors (Lipinski definition) is 10. The summed E-state index contributed by atoms with van der Waals surface area (Å²) in [5, 5.41) is 0.771. The van der Waals surface area contributed by atoms with E-state index in [-0.39, 0.29) is 24.2 Å². The lowest BCUT2D eigenvalue weighted by atomic mass is 10.1. The van der Waals surface area contributed by atoms with Crippen LogP contribution in [0.5, 0.6) is 28.7 Å². The molecule has 43 heavy (non-hydrogen) atoms. The fourth-order valence-electron chi connectivity index (χ4n) is 4.90. The number of rotatable bonds is 12. The van der Waals surface area contributed by atoms with E-state index in [1.54, 1.807) is 31.4 Å². The van der Waals surface area contributed by atoms with Gasteiger partial charge in [0.2, 0.25) is 0 Å². The molecule has 0 aliphatic heterocycles. The molecule has 3 aromatic carbocycles. The lowest BCUT2D eigenvalue weighted by molar-refractivity contribution is 0.247. The highest BCUT2D eigenvalue weighted by atomic mass is 16.5. The predicted molar refractivity (Wildman–Crippen MR) is 162 cm³/mol. The van der Waals surface area contributed by atoms with Gasteiger partial charge in [-0.15, -0.1) is 0 Å². The first kappa shape index (κ1) is 29.4. The van der Waals surface area contributed by atoms with E-state index in [0.29, 0.717) is 69.4 Å². The number of ether oxygens (including phenoxy) is 5. The first-order chi connectivity index (χ1) is 20.8. The highest BCUT2D eigenvalue weighted by Crippen LogP contribution is 2.31. The second-order valence-electron chi connectivity index (χ2n) is 9.78. The zero-order valence-corrected chi connectivity index (χ0v) is 24.6. The van der Waals surface area contributed by atoms with Crippen LogP contribution in [0.15, 0.2) is 58.1 Å². The Labute approximate surface area is 247 Å². The second kappa shape index (κ2) is 12.8. The van der Waals surface area contributed by atoms with Crippen molar-refractivity contribution in [1.29, 1.82) is 0 Å². The van der Waals surface area contributed by atoms with Crippen LogP contribution in [0, 0.1) is 0 Å². The van der Waals surface area contributed by atoms with Gasteiger partial charge in [0.1, 0.15) is 17.4 Å². The molecule has 2 heterocycles. The zero-order valence-electron chi connectivity index (χ0n) is 24.6. The van der Waals surface area contributed by atoms with Crippen LogP contribution < -0.4 is 34.8 Å². The summed E-state index contributed by atoms with van der Waals surface area (Å²) in [4.78, 5) is 43.4. The van der Waals surface area contributed by atoms with Crippen molar-refractivity contribution >= 4 is 21.8 Å². The SMILES string of the molecule is COc1ccc(CCN(Cc2nc3cc(OC)c(OC)cc3c(=O)[nH]2)Cc2nc3cc(OC)c(OC)cc3c(=O)[nH]2)cc1. The predicted octanol–water partition coefficient (Wildman–Crippen LogP) is 3.45. The molecule has 0 fully saturated rings. The standard InChI is InChI=1S/C31H33N5O7/c1-39-19-8-6-18(7-9-19)10-11-36(16-28-32-22-14-26(42-4)24(40-2)12-20(22)30(37)34-28)17-29-33-23-15-27(43-5)25(41-3)13-21(23)31(38)35-29/h6-9,12-15H,10-11,16-17H2,1-5H3,(H,32,34,37)(H,33,35,38). The van der Waals surface area contributed by atoms with Gasteiger partial charge in [-0.1, -0.05) is 12.1 Å². The van der Waals surface area contributed by atoms with Crippen LogP contribution in [0.25, 0.3) is 21.8 Å². The molecule has 0 saturated carbocycles. The molecule has 224 valence electrons. The normalized spacial score (nSPS) is 11.2. The molecule has 2 aromatic heterocycles. The molecule has 0 aliphatic carbocycles. The summed E-state index contributed by atoms with van der Waals surface area (Å²) < 4.78 is 26.8. The quantitative estimate of drug-likeness (QED) is 0.223. The Morgan fingerprint density at radius 1 is 0.628 bits per heavy atom. The van der Waals surface area contributed by atoms with Gasteiger partial charge in [-0.3, -0.25) is 14.5 Å². The Kier molecular flexibility index (Phi) is 8.77. The number of benzene rings is 3. The van der Waals surface area contributed by atoms with Gasteiger partial charge in [-0.05, 0) is 36.2 Å². The maximum atomic E-state index is 13.0. The summed E-state index contributed by atoms with van der Waals surface area (Å²) in [6.07, 6.45) is 0.690. The summed E-state index contributed by atoms with van der Waals surface area (Å²) in [5.74, 6) is 3.51. The van der Waals surface area contributed by atoms with Crippen LogP contribution in [0.1, 0.15) is 17.2 Å². The highest BCUT2D eigenvalue weighted by molar-refractivity contribution is 5.82. The van der Waals surface area contributed by atoms with Gasteiger partial charge in [0.15, 0.2) is 23.0 Å². The number of nitrogens with one attached hydrogen (secondary N) is 2. The van der Waals surface area contributed by atoms with Gasteiger partial charge in [0, 0.05) is 18.7 Å². The first-order valence-corrected chi connectivity index (χ1v) is 13.5. The molecule has 12 nitrogen and oxygen atoms in total. The number of H-pyrrole nitrogens is 2. The number of aromatic amines is 2. The third-order valence-corrected chi connectivity index (χ3v) is 7.14.